The van der Waals surface area contributed by atoms with Crippen LogP contribution in [0.3, 0.4) is 0 Å². The number of nitrogens with two attached hydrogens (primary N) is 1. The Morgan fingerprint density at radius 2 is 2.13 bits per heavy atom. The predicted molar refractivity (Wildman–Crippen MR) is 63.9 cm³/mol. The van der Waals surface area contributed by atoms with Crippen molar-refractivity contribution in [3.63, 3.8) is 0 Å². The molecular formula is C12H26N2O. The molecule has 2 atom stereocenters. The van der Waals surface area contributed by atoms with Crippen LogP contribution in [0, 0.1) is 5.92 Å². The van der Waals surface area contributed by atoms with Gasteiger partial charge in [0.1, 0.15) is 0 Å². The van der Waals surface area contributed by atoms with Crippen LogP contribution in [0.4, 0.5) is 0 Å². The minimum absolute atomic E-state index is 0.498. The van der Waals surface area contributed by atoms with Crippen LogP contribution in [0.2, 0.25) is 0 Å². The van der Waals surface area contributed by atoms with Crippen LogP contribution in [-0.2, 0) is 4.74 Å². The highest BCUT2D eigenvalue weighted by atomic mass is 16.5. The number of ether oxygens (including phenoxy) is 1. The predicted octanol–water partition coefficient (Wildman–Crippen LogP) is 1.47. The Morgan fingerprint density at radius 1 is 1.47 bits per heavy atom. The molecule has 1 aliphatic carbocycles. The smallest absolute Gasteiger partial charge is 0.0503 e. The van der Waals surface area contributed by atoms with Gasteiger partial charge in [0, 0.05) is 25.7 Å². The fourth-order valence-electron chi connectivity index (χ4n) is 2.35. The lowest BCUT2D eigenvalue weighted by Crippen LogP contribution is -2.47. The minimum Gasteiger partial charge on any atom is -0.384 e. The maximum absolute atomic E-state index is 5.90. The van der Waals surface area contributed by atoms with Crippen molar-refractivity contribution in [2.24, 2.45) is 11.7 Å². The molecule has 15 heavy (non-hydrogen) atoms. The van der Waals surface area contributed by atoms with Gasteiger partial charge < -0.3 is 10.5 Å². The van der Waals surface area contributed by atoms with Gasteiger partial charge in [0.2, 0.25) is 0 Å². The van der Waals surface area contributed by atoms with E-state index in [-0.39, 0.29) is 0 Å². The lowest BCUT2D eigenvalue weighted by molar-refractivity contribution is 0.0802. The largest absolute Gasteiger partial charge is 0.384 e. The first-order valence-electron chi connectivity index (χ1n) is 6.19. The van der Waals surface area contributed by atoms with Gasteiger partial charge in [-0.2, -0.15) is 0 Å². The van der Waals surface area contributed by atoms with Gasteiger partial charge in [0.05, 0.1) is 6.61 Å². The van der Waals surface area contributed by atoms with E-state index in [1.165, 1.54) is 25.8 Å². The number of rotatable bonds is 8. The van der Waals surface area contributed by atoms with Crippen molar-refractivity contribution in [2.75, 3.05) is 26.8 Å². The molecule has 0 aromatic carbocycles. The number of hydrogen-bond acceptors (Lipinski definition) is 3. The Hall–Kier alpha value is -0.120. The first-order valence-corrected chi connectivity index (χ1v) is 6.19. The van der Waals surface area contributed by atoms with Crippen molar-refractivity contribution in [3.8, 4) is 0 Å². The molecule has 1 aliphatic rings. The van der Waals surface area contributed by atoms with E-state index in [0.29, 0.717) is 12.0 Å². The summed E-state index contributed by atoms with van der Waals surface area (Å²) in [5.74, 6) is 0.534. The molecule has 0 spiro atoms. The van der Waals surface area contributed by atoms with Crippen molar-refractivity contribution in [1.82, 2.24) is 4.90 Å². The van der Waals surface area contributed by atoms with Crippen LogP contribution in [0.15, 0.2) is 0 Å². The summed E-state index contributed by atoms with van der Waals surface area (Å²) in [4.78, 5) is 2.60. The maximum Gasteiger partial charge on any atom is 0.0503 e. The molecule has 0 aromatic heterocycles. The summed E-state index contributed by atoms with van der Waals surface area (Å²) >= 11 is 0. The molecule has 1 saturated carbocycles. The molecule has 0 radical (unpaired) electrons. The highest BCUT2D eigenvalue weighted by molar-refractivity contribution is 4.90. The Kier molecular flexibility index (Phi) is 5.58. The summed E-state index contributed by atoms with van der Waals surface area (Å²) in [6.07, 6.45) is 3.93. The lowest BCUT2D eigenvalue weighted by Gasteiger charge is -2.34. The van der Waals surface area contributed by atoms with Crippen molar-refractivity contribution in [1.29, 1.82) is 0 Å². The van der Waals surface area contributed by atoms with Crippen molar-refractivity contribution in [3.05, 3.63) is 0 Å². The molecule has 0 saturated heterocycles. The van der Waals surface area contributed by atoms with E-state index in [1.807, 2.05) is 0 Å². The molecule has 0 amide bonds. The zero-order chi connectivity index (χ0) is 11.3. The Morgan fingerprint density at radius 3 is 2.53 bits per heavy atom. The zero-order valence-electron chi connectivity index (χ0n) is 10.4. The van der Waals surface area contributed by atoms with Crippen LogP contribution in [-0.4, -0.2) is 43.8 Å². The third kappa shape index (κ3) is 3.74. The van der Waals surface area contributed by atoms with Crippen molar-refractivity contribution < 1.29 is 4.74 Å². The molecule has 1 fully saturated rings. The van der Waals surface area contributed by atoms with Crippen LogP contribution in [0.25, 0.3) is 0 Å². The first-order chi connectivity index (χ1) is 7.24. The zero-order valence-corrected chi connectivity index (χ0v) is 10.4. The molecule has 0 bridgehead atoms. The number of nitrogens with zero attached hydrogens (tertiary/aromatic N) is 1. The van der Waals surface area contributed by atoms with Gasteiger partial charge in [-0.3, -0.25) is 4.90 Å². The highest BCUT2D eigenvalue weighted by Crippen LogP contribution is 2.30. The van der Waals surface area contributed by atoms with Gasteiger partial charge in [-0.25, -0.2) is 0 Å². The molecule has 2 N–H and O–H groups in total. The van der Waals surface area contributed by atoms with Gasteiger partial charge in [-0.05, 0) is 31.7 Å². The van der Waals surface area contributed by atoms with Crippen LogP contribution < -0.4 is 5.73 Å². The second-order valence-electron chi connectivity index (χ2n) is 4.70. The number of hydrogen-bond donors (Lipinski definition) is 1. The summed E-state index contributed by atoms with van der Waals surface area (Å²) in [5, 5.41) is 0. The quantitative estimate of drug-likeness (QED) is 0.665. The molecule has 2 unspecified atom stereocenters. The topological polar surface area (TPSA) is 38.5 Å². The van der Waals surface area contributed by atoms with Crippen LogP contribution in [0.1, 0.15) is 33.1 Å². The highest BCUT2D eigenvalue weighted by Gasteiger charge is 2.34. The van der Waals surface area contributed by atoms with Gasteiger partial charge in [0.25, 0.3) is 0 Å². The van der Waals surface area contributed by atoms with Gasteiger partial charge in [-0.1, -0.05) is 13.8 Å². The standard InChI is InChI=1S/C12H26N2O/c1-4-7-14(11-5-6-11)12(8-13)10(2)9-15-3/h10-12H,4-9,13H2,1-3H3. The Labute approximate surface area is 94.0 Å². The second kappa shape index (κ2) is 6.46. The van der Waals surface area contributed by atoms with E-state index < -0.39 is 0 Å². The van der Waals surface area contributed by atoms with E-state index in [9.17, 15) is 0 Å². The maximum atomic E-state index is 5.90. The summed E-state index contributed by atoms with van der Waals surface area (Å²) in [6.45, 7) is 7.23. The molecule has 1 rings (SSSR count). The van der Waals surface area contributed by atoms with E-state index in [2.05, 4.69) is 18.7 Å². The SMILES string of the molecule is CCCN(C1CC1)C(CN)C(C)COC. The second-order valence-corrected chi connectivity index (χ2v) is 4.70. The molecule has 0 heterocycles. The molecule has 0 aromatic rings. The summed E-state index contributed by atoms with van der Waals surface area (Å²) in [6, 6.07) is 1.30. The first kappa shape index (κ1) is 12.9. The van der Waals surface area contributed by atoms with Crippen LogP contribution in [0.5, 0.6) is 0 Å². The fourth-order valence-corrected chi connectivity index (χ4v) is 2.35. The van der Waals surface area contributed by atoms with E-state index in [4.69, 9.17) is 10.5 Å². The van der Waals surface area contributed by atoms with Crippen LogP contribution >= 0.6 is 0 Å². The summed E-state index contributed by atoms with van der Waals surface area (Å²) in [7, 11) is 1.77. The van der Waals surface area contributed by atoms with Gasteiger partial charge in [-0.15, -0.1) is 0 Å². The normalized spacial score (nSPS) is 20.6. The summed E-state index contributed by atoms with van der Waals surface area (Å²) in [5.41, 5.74) is 5.90. The fraction of sp³-hybridized carbons (Fsp3) is 1.00. The Bertz CT molecular complexity index is 171. The average Bonchev–Trinajstić information content (AvgIpc) is 3.01. The minimum atomic E-state index is 0.498. The monoisotopic (exact) mass is 214 g/mol. The van der Waals surface area contributed by atoms with Crippen molar-refractivity contribution in [2.45, 2.75) is 45.2 Å². The Balaban J connectivity index is 2.51. The molecule has 3 heteroatoms. The third-order valence-corrected chi connectivity index (χ3v) is 3.25. The van der Waals surface area contributed by atoms with Gasteiger partial charge in [0.15, 0.2) is 0 Å². The average molecular weight is 214 g/mol. The lowest BCUT2D eigenvalue weighted by atomic mass is 10.0. The molecular weight excluding hydrogens is 188 g/mol. The van der Waals surface area contributed by atoms with Crippen molar-refractivity contribution >= 4 is 0 Å². The molecule has 90 valence electrons. The van der Waals surface area contributed by atoms with Gasteiger partial charge >= 0.3 is 0 Å². The summed E-state index contributed by atoms with van der Waals surface area (Å²) < 4.78 is 5.23. The van der Waals surface area contributed by atoms with E-state index >= 15 is 0 Å². The third-order valence-electron chi connectivity index (χ3n) is 3.25. The molecule has 3 nitrogen and oxygen atoms in total. The van der Waals surface area contributed by atoms with E-state index in [0.717, 1.165) is 19.2 Å². The number of methoxy groups -OCH3 is 1. The van der Waals surface area contributed by atoms with E-state index in [1.54, 1.807) is 7.11 Å². The molecule has 0 aliphatic heterocycles.